The Kier molecular flexibility index (Phi) is 3.32. The minimum atomic E-state index is -3.15. The number of nitrogens with zero attached hydrogens (tertiary/aromatic N) is 3. The van der Waals surface area contributed by atoms with Gasteiger partial charge in [-0.1, -0.05) is 12.1 Å². The van der Waals surface area contributed by atoms with Crippen LogP contribution in [-0.4, -0.2) is 28.4 Å². The van der Waals surface area contributed by atoms with Gasteiger partial charge in [-0.15, -0.1) is 0 Å². The molecular formula is C16H14BrN3O2S. The van der Waals surface area contributed by atoms with E-state index in [1.165, 1.54) is 0 Å². The third kappa shape index (κ3) is 2.48. The highest BCUT2D eigenvalue weighted by Gasteiger charge is 2.36. The molecular weight excluding hydrogens is 378 g/mol. The second-order valence-corrected chi connectivity index (χ2v) is 8.91. The molecule has 0 N–H and O–H groups in total. The number of hydrogen-bond donors (Lipinski definition) is 0. The van der Waals surface area contributed by atoms with Crippen molar-refractivity contribution >= 4 is 36.8 Å². The number of hydrogen-bond acceptors (Lipinski definition) is 4. The fraction of sp³-hybridized carbons (Fsp3) is 0.250. The van der Waals surface area contributed by atoms with E-state index in [0.717, 1.165) is 39.6 Å². The van der Waals surface area contributed by atoms with Gasteiger partial charge in [-0.3, -0.25) is 0 Å². The van der Waals surface area contributed by atoms with E-state index >= 15 is 0 Å². The lowest BCUT2D eigenvalue weighted by atomic mass is 10.1. The van der Waals surface area contributed by atoms with E-state index in [-0.39, 0.29) is 5.25 Å². The summed E-state index contributed by atoms with van der Waals surface area (Å²) in [5, 5.41) is 5.26. The van der Waals surface area contributed by atoms with E-state index in [9.17, 15) is 8.42 Å². The molecule has 0 aliphatic heterocycles. The van der Waals surface area contributed by atoms with E-state index in [4.69, 9.17) is 0 Å². The Morgan fingerprint density at radius 2 is 1.91 bits per heavy atom. The minimum Gasteiger partial charge on any atom is -0.250 e. The van der Waals surface area contributed by atoms with E-state index in [2.05, 4.69) is 26.0 Å². The lowest BCUT2D eigenvalue weighted by Gasteiger charge is -2.04. The highest BCUT2D eigenvalue weighted by Crippen LogP contribution is 2.35. The maximum absolute atomic E-state index is 12.3. The quantitative estimate of drug-likeness (QED) is 0.686. The van der Waals surface area contributed by atoms with E-state index in [0.29, 0.717) is 4.90 Å². The van der Waals surface area contributed by atoms with Crippen LogP contribution in [0.15, 0.2) is 45.9 Å². The van der Waals surface area contributed by atoms with Gasteiger partial charge in [0.15, 0.2) is 15.5 Å². The number of fused-ring (bicyclic) bond motifs is 1. The molecule has 118 valence electrons. The maximum Gasteiger partial charge on any atom is 0.181 e. The van der Waals surface area contributed by atoms with Crippen molar-refractivity contribution in [2.75, 3.05) is 0 Å². The van der Waals surface area contributed by atoms with Gasteiger partial charge in [0.25, 0.3) is 0 Å². The first-order valence-electron chi connectivity index (χ1n) is 7.29. The van der Waals surface area contributed by atoms with Crippen LogP contribution >= 0.6 is 15.9 Å². The molecule has 2 heterocycles. The molecule has 7 heteroatoms. The van der Waals surface area contributed by atoms with Crippen LogP contribution in [0, 0.1) is 0 Å². The van der Waals surface area contributed by atoms with Crippen LogP contribution in [-0.2, 0) is 16.9 Å². The molecule has 1 aromatic carbocycles. The second kappa shape index (κ2) is 5.14. The zero-order valence-corrected chi connectivity index (χ0v) is 14.8. The van der Waals surface area contributed by atoms with Gasteiger partial charge in [-0.25, -0.2) is 18.1 Å². The molecule has 0 radical (unpaired) electrons. The number of sulfone groups is 1. The van der Waals surface area contributed by atoms with Gasteiger partial charge in [0, 0.05) is 28.7 Å². The molecule has 5 nitrogen and oxygen atoms in total. The first-order valence-corrected chi connectivity index (χ1v) is 9.63. The summed E-state index contributed by atoms with van der Waals surface area (Å²) in [6, 6.07) is 8.96. The standard InChI is InChI=1S/C16H14BrN3O2S/c1-20-16-14(8-11(17)9-18-16)15(19-20)10-2-4-12(5-3-10)23(21,22)13-6-7-13/h2-5,8-9,13H,6-7H2,1H3. The molecule has 0 saturated heterocycles. The zero-order valence-electron chi connectivity index (χ0n) is 12.4. The Morgan fingerprint density at radius 1 is 1.22 bits per heavy atom. The molecule has 0 unspecified atom stereocenters. The van der Waals surface area contributed by atoms with E-state index < -0.39 is 9.84 Å². The van der Waals surface area contributed by atoms with Crippen LogP contribution in [0.3, 0.4) is 0 Å². The first kappa shape index (κ1) is 14.8. The number of benzene rings is 1. The molecule has 2 aromatic heterocycles. The van der Waals surface area contributed by atoms with Gasteiger partial charge < -0.3 is 0 Å². The summed E-state index contributed by atoms with van der Waals surface area (Å²) < 4.78 is 27.1. The third-order valence-corrected chi connectivity index (χ3v) is 6.78. The number of aromatic nitrogens is 3. The SMILES string of the molecule is Cn1nc(-c2ccc(S(=O)(=O)C3CC3)cc2)c2cc(Br)cnc21. The molecule has 1 aliphatic carbocycles. The number of pyridine rings is 1. The van der Waals surface area contributed by atoms with Gasteiger partial charge in [0.2, 0.25) is 0 Å². The van der Waals surface area contributed by atoms with Crippen LogP contribution < -0.4 is 0 Å². The zero-order chi connectivity index (χ0) is 16.2. The van der Waals surface area contributed by atoms with Gasteiger partial charge in [0.05, 0.1) is 10.1 Å². The molecule has 0 atom stereocenters. The van der Waals surface area contributed by atoms with Crippen LogP contribution in [0.25, 0.3) is 22.3 Å². The average Bonchev–Trinajstić information content (AvgIpc) is 3.34. The van der Waals surface area contributed by atoms with Crippen LogP contribution in [0.4, 0.5) is 0 Å². The van der Waals surface area contributed by atoms with Gasteiger partial charge >= 0.3 is 0 Å². The van der Waals surface area contributed by atoms with Gasteiger partial charge in [-0.05, 0) is 47.0 Å². The molecule has 0 amide bonds. The maximum atomic E-state index is 12.3. The lowest BCUT2D eigenvalue weighted by molar-refractivity contribution is 0.595. The summed E-state index contributed by atoms with van der Waals surface area (Å²) in [6.45, 7) is 0. The normalized spacial score (nSPS) is 15.2. The number of halogens is 1. The topological polar surface area (TPSA) is 64.8 Å². The predicted octanol–water partition coefficient (Wildman–Crippen LogP) is 3.33. The summed E-state index contributed by atoms with van der Waals surface area (Å²) in [5.74, 6) is 0. The van der Waals surface area contributed by atoms with Gasteiger partial charge in [-0.2, -0.15) is 5.10 Å². The summed E-state index contributed by atoms with van der Waals surface area (Å²) in [5.41, 5.74) is 2.47. The van der Waals surface area contributed by atoms with E-state index in [1.54, 1.807) is 23.0 Å². The Hall–Kier alpha value is -1.73. The molecule has 1 saturated carbocycles. The summed E-state index contributed by atoms with van der Waals surface area (Å²) in [6.07, 6.45) is 3.28. The monoisotopic (exact) mass is 391 g/mol. The first-order chi connectivity index (χ1) is 11.0. The molecule has 1 aliphatic rings. The molecule has 23 heavy (non-hydrogen) atoms. The number of aryl methyl sites for hydroxylation is 1. The van der Waals surface area contributed by atoms with Crippen LogP contribution in [0.5, 0.6) is 0 Å². The molecule has 4 rings (SSSR count). The van der Waals surface area contributed by atoms with Crippen molar-refractivity contribution in [2.24, 2.45) is 7.05 Å². The molecule has 0 bridgehead atoms. The minimum absolute atomic E-state index is 0.191. The van der Waals surface area contributed by atoms with Crippen molar-refractivity contribution in [1.82, 2.24) is 14.8 Å². The third-order valence-electron chi connectivity index (χ3n) is 4.06. The second-order valence-electron chi connectivity index (χ2n) is 5.77. The van der Waals surface area contributed by atoms with Crippen molar-refractivity contribution in [2.45, 2.75) is 23.0 Å². The van der Waals surface area contributed by atoms with Crippen LogP contribution in [0.1, 0.15) is 12.8 Å². The van der Waals surface area contributed by atoms with Gasteiger partial charge in [0.1, 0.15) is 5.69 Å². The predicted molar refractivity (Wildman–Crippen MR) is 91.9 cm³/mol. The van der Waals surface area contributed by atoms with Crippen molar-refractivity contribution in [3.05, 3.63) is 41.0 Å². The van der Waals surface area contributed by atoms with Crippen LogP contribution in [0.2, 0.25) is 0 Å². The number of rotatable bonds is 3. The summed E-state index contributed by atoms with van der Waals surface area (Å²) in [4.78, 5) is 4.76. The molecule has 1 fully saturated rings. The Bertz CT molecular complexity index is 1010. The molecule has 3 aromatic rings. The van der Waals surface area contributed by atoms with Crippen molar-refractivity contribution < 1.29 is 8.42 Å². The summed E-state index contributed by atoms with van der Waals surface area (Å²) in [7, 11) is -1.31. The van der Waals surface area contributed by atoms with Crippen molar-refractivity contribution in [1.29, 1.82) is 0 Å². The van der Waals surface area contributed by atoms with Crippen molar-refractivity contribution in [3.63, 3.8) is 0 Å². The largest absolute Gasteiger partial charge is 0.250 e. The highest BCUT2D eigenvalue weighted by molar-refractivity contribution is 9.10. The summed E-state index contributed by atoms with van der Waals surface area (Å²) >= 11 is 3.43. The van der Waals surface area contributed by atoms with Crippen molar-refractivity contribution in [3.8, 4) is 11.3 Å². The Labute approximate surface area is 142 Å². The average molecular weight is 392 g/mol. The molecule has 0 spiro atoms. The van der Waals surface area contributed by atoms with E-state index in [1.807, 2.05) is 25.2 Å². The Balaban J connectivity index is 1.81. The Morgan fingerprint density at radius 3 is 2.57 bits per heavy atom. The smallest absolute Gasteiger partial charge is 0.181 e. The fourth-order valence-electron chi connectivity index (χ4n) is 2.70. The fourth-order valence-corrected chi connectivity index (χ4v) is 4.69. The lowest BCUT2D eigenvalue weighted by Crippen LogP contribution is -2.06. The highest BCUT2D eigenvalue weighted by atomic mass is 79.9.